The van der Waals surface area contributed by atoms with E-state index in [1.165, 1.54) is 50.1 Å². The fourth-order valence-electron chi connectivity index (χ4n) is 4.52. The van der Waals surface area contributed by atoms with Gasteiger partial charge in [-0.25, -0.2) is 0 Å². The molecule has 0 N–H and O–H groups in total. The average molecular weight is 297 g/mol. The molecule has 0 aromatic carbocycles. The van der Waals surface area contributed by atoms with Crippen molar-refractivity contribution in [1.82, 2.24) is 0 Å². The Morgan fingerprint density at radius 3 is 2.10 bits per heavy atom. The number of hydrogen-bond donors (Lipinski definition) is 0. The molecule has 2 fully saturated rings. The molecule has 2 aliphatic rings. The van der Waals surface area contributed by atoms with Crippen molar-refractivity contribution in [3.8, 4) is 0 Å². The fraction of sp³-hybridized carbons (Fsp3) is 0.889. The Balaban J connectivity index is 1.67. The van der Waals surface area contributed by atoms with Gasteiger partial charge >= 0.3 is 0 Å². The summed E-state index contributed by atoms with van der Waals surface area (Å²) in [5, 5.41) is 0. The topological polar surface area (TPSA) is 0 Å². The summed E-state index contributed by atoms with van der Waals surface area (Å²) in [5.74, 6) is 2.82. The summed E-state index contributed by atoms with van der Waals surface area (Å²) >= 11 is 0. The van der Waals surface area contributed by atoms with E-state index in [-0.39, 0.29) is 16.2 Å². The number of alkyl halides is 1. The highest BCUT2D eigenvalue weighted by atomic mass is 28.2. The largest absolute Gasteiger partial charge is 0.251 e. The Hall–Kier alpha value is -0.113. The molecule has 0 nitrogen and oxygen atoms in total. The predicted molar refractivity (Wildman–Crippen MR) is 89.9 cm³/mol. The van der Waals surface area contributed by atoms with E-state index in [0.29, 0.717) is 6.42 Å². The van der Waals surface area contributed by atoms with Gasteiger partial charge in [-0.2, -0.15) is 0 Å². The van der Waals surface area contributed by atoms with Gasteiger partial charge in [-0.3, -0.25) is 4.39 Å². The van der Waals surface area contributed by atoms with Crippen LogP contribution in [-0.4, -0.2) is 16.2 Å². The van der Waals surface area contributed by atoms with Gasteiger partial charge in [0, 0.05) is 9.52 Å². The molecule has 0 aliphatic heterocycles. The van der Waals surface area contributed by atoms with Gasteiger partial charge in [-0.05, 0) is 49.9 Å². The lowest BCUT2D eigenvalue weighted by molar-refractivity contribution is 0.180. The summed E-state index contributed by atoms with van der Waals surface area (Å²) in [6, 6.07) is 1.51. The zero-order chi connectivity index (χ0) is 14.2. The number of allylic oxidation sites excluding steroid dienone is 2. The molecule has 2 heteroatoms. The Morgan fingerprint density at radius 2 is 1.55 bits per heavy atom. The molecule has 0 spiro atoms. The molecular formula is C18H33FSi. The van der Waals surface area contributed by atoms with E-state index in [1.807, 2.05) is 0 Å². The highest BCUT2D eigenvalue weighted by Gasteiger charge is 2.29. The van der Waals surface area contributed by atoms with Crippen LogP contribution in [0.3, 0.4) is 0 Å². The highest BCUT2D eigenvalue weighted by molar-refractivity contribution is 6.37. The summed E-state index contributed by atoms with van der Waals surface area (Å²) in [6.45, 7) is 2.19. The second-order valence-electron chi connectivity index (χ2n) is 7.15. The average Bonchev–Trinajstić information content (AvgIpc) is 2.49. The van der Waals surface area contributed by atoms with Crippen LogP contribution in [0.2, 0.25) is 11.6 Å². The minimum absolute atomic E-state index is 0.198. The van der Waals surface area contributed by atoms with Crippen molar-refractivity contribution in [2.45, 2.75) is 76.3 Å². The van der Waals surface area contributed by atoms with Crippen LogP contribution in [0, 0.1) is 17.8 Å². The Labute approximate surface area is 127 Å². The van der Waals surface area contributed by atoms with Gasteiger partial charge in [0.05, 0.1) is 6.67 Å². The normalized spacial score (nSPS) is 36.1. The summed E-state index contributed by atoms with van der Waals surface area (Å²) < 4.78 is 12.1. The van der Waals surface area contributed by atoms with Crippen LogP contribution in [0.4, 0.5) is 4.39 Å². The molecule has 116 valence electrons. The highest BCUT2D eigenvalue weighted by Crippen LogP contribution is 2.42. The standard InChI is InChI=1S/C18H33FSi/c1-2-20-18-12-10-17(11-13-18)16-8-6-15(7-9-16)5-3-4-14-19/h3,5,15-18H,2,4,6-14,20H2,1H3/b5-3+. The lowest BCUT2D eigenvalue weighted by atomic mass is 9.71. The molecule has 0 saturated heterocycles. The van der Waals surface area contributed by atoms with Crippen LogP contribution in [0.25, 0.3) is 0 Å². The van der Waals surface area contributed by atoms with Crippen LogP contribution in [0.15, 0.2) is 12.2 Å². The van der Waals surface area contributed by atoms with E-state index in [9.17, 15) is 4.39 Å². The van der Waals surface area contributed by atoms with E-state index >= 15 is 0 Å². The number of rotatable bonds is 6. The van der Waals surface area contributed by atoms with E-state index in [0.717, 1.165) is 17.8 Å². The predicted octanol–water partition coefficient (Wildman–Crippen LogP) is 5.29. The van der Waals surface area contributed by atoms with Crippen LogP contribution in [0.5, 0.6) is 0 Å². The Bertz CT molecular complexity index is 273. The zero-order valence-corrected chi connectivity index (χ0v) is 14.7. The monoisotopic (exact) mass is 296 g/mol. The third-order valence-electron chi connectivity index (χ3n) is 5.76. The van der Waals surface area contributed by atoms with E-state index < -0.39 is 0 Å². The van der Waals surface area contributed by atoms with E-state index in [4.69, 9.17) is 0 Å². The maximum Gasteiger partial charge on any atom is 0.0928 e. The quantitative estimate of drug-likeness (QED) is 0.461. The number of halogens is 1. The summed E-state index contributed by atoms with van der Waals surface area (Å²) in [4.78, 5) is 0. The zero-order valence-electron chi connectivity index (χ0n) is 13.3. The molecule has 0 atom stereocenters. The second kappa shape index (κ2) is 9.02. The van der Waals surface area contributed by atoms with Crippen molar-refractivity contribution in [3.63, 3.8) is 0 Å². The SMILES string of the molecule is CC[SiH2]C1CCC(C2CCC(/C=C/CCF)CC2)CC1. The van der Waals surface area contributed by atoms with Crippen molar-refractivity contribution in [2.24, 2.45) is 17.8 Å². The smallest absolute Gasteiger partial charge is 0.0928 e. The van der Waals surface area contributed by atoms with Gasteiger partial charge in [-0.15, -0.1) is 0 Å². The molecule has 0 heterocycles. The van der Waals surface area contributed by atoms with Crippen molar-refractivity contribution >= 4 is 9.52 Å². The van der Waals surface area contributed by atoms with Crippen LogP contribution in [0.1, 0.15) is 64.7 Å². The van der Waals surface area contributed by atoms with Crippen LogP contribution < -0.4 is 0 Å². The molecule has 0 aromatic heterocycles. The molecule has 2 saturated carbocycles. The molecule has 0 unspecified atom stereocenters. The number of hydrogen-bond acceptors (Lipinski definition) is 0. The maximum absolute atomic E-state index is 12.1. The first-order valence-corrected chi connectivity index (χ1v) is 10.9. The first kappa shape index (κ1) is 16.3. The Morgan fingerprint density at radius 1 is 0.950 bits per heavy atom. The van der Waals surface area contributed by atoms with Gasteiger partial charge in [0.25, 0.3) is 0 Å². The molecule has 20 heavy (non-hydrogen) atoms. The van der Waals surface area contributed by atoms with Crippen LogP contribution >= 0.6 is 0 Å². The molecule has 0 aromatic rings. The lowest BCUT2D eigenvalue weighted by Crippen LogP contribution is -2.25. The van der Waals surface area contributed by atoms with E-state index in [2.05, 4.69) is 19.1 Å². The molecule has 0 radical (unpaired) electrons. The van der Waals surface area contributed by atoms with Gasteiger partial charge in [-0.1, -0.05) is 56.3 Å². The van der Waals surface area contributed by atoms with Crippen molar-refractivity contribution in [3.05, 3.63) is 12.2 Å². The molecule has 2 rings (SSSR count). The second-order valence-corrected chi connectivity index (χ2v) is 9.88. The van der Waals surface area contributed by atoms with Gasteiger partial charge in [0.2, 0.25) is 0 Å². The Kier molecular flexibility index (Phi) is 7.33. The first-order valence-electron chi connectivity index (χ1n) is 9.06. The lowest BCUT2D eigenvalue weighted by Gasteiger charge is -2.37. The van der Waals surface area contributed by atoms with Crippen molar-refractivity contribution in [1.29, 1.82) is 0 Å². The molecule has 2 aliphatic carbocycles. The molecule has 0 bridgehead atoms. The summed E-state index contributed by atoms with van der Waals surface area (Å²) in [7, 11) is 0.265. The first-order chi connectivity index (χ1) is 9.83. The fourth-order valence-corrected chi connectivity index (χ4v) is 6.38. The third kappa shape index (κ3) is 5.02. The van der Waals surface area contributed by atoms with Crippen molar-refractivity contribution in [2.75, 3.05) is 6.67 Å². The third-order valence-corrected chi connectivity index (χ3v) is 7.97. The summed E-state index contributed by atoms with van der Waals surface area (Å²) in [5.41, 5.74) is 1.18. The van der Waals surface area contributed by atoms with Crippen molar-refractivity contribution < 1.29 is 4.39 Å². The van der Waals surface area contributed by atoms with Gasteiger partial charge in [0.15, 0.2) is 0 Å². The molecule has 0 amide bonds. The minimum Gasteiger partial charge on any atom is -0.251 e. The summed E-state index contributed by atoms with van der Waals surface area (Å²) in [6.07, 6.45) is 16.7. The minimum atomic E-state index is -0.198. The van der Waals surface area contributed by atoms with Gasteiger partial charge < -0.3 is 0 Å². The maximum atomic E-state index is 12.1. The molecular weight excluding hydrogens is 263 g/mol. The van der Waals surface area contributed by atoms with Crippen LogP contribution in [-0.2, 0) is 0 Å². The van der Waals surface area contributed by atoms with Gasteiger partial charge in [0.1, 0.15) is 0 Å². The van der Waals surface area contributed by atoms with E-state index in [1.54, 1.807) is 12.8 Å².